The first kappa shape index (κ1) is 8.09. The van der Waals surface area contributed by atoms with Crippen LogP contribution in [-0.4, -0.2) is 0 Å². The van der Waals surface area contributed by atoms with E-state index in [9.17, 15) is 0 Å². The Bertz CT molecular complexity index is 356. The molecule has 0 aliphatic carbocycles. The summed E-state index contributed by atoms with van der Waals surface area (Å²) in [5.74, 6) is 0. The normalized spacial score (nSPS) is 13.5. The lowest BCUT2D eigenvalue weighted by molar-refractivity contribution is 1.13. The quantitative estimate of drug-likeness (QED) is 0.600. The third kappa shape index (κ3) is 1.35. The lowest BCUT2D eigenvalue weighted by atomic mass is 10.2. The topological polar surface area (TPSA) is 0 Å². The van der Waals surface area contributed by atoms with Gasteiger partial charge >= 0.3 is 0 Å². The van der Waals surface area contributed by atoms with E-state index >= 15 is 0 Å². The fourth-order valence-electron chi connectivity index (χ4n) is 1.20. The second-order valence-corrected chi connectivity index (χ2v) is 4.57. The Balaban J connectivity index is 2.62. The second-order valence-electron chi connectivity index (χ2n) is 2.80. The van der Waals surface area contributed by atoms with Gasteiger partial charge in [0.05, 0.1) is 5.38 Å². The van der Waals surface area contributed by atoms with Crippen molar-refractivity contribution in [2.75, 3.05) is 0 Å². The molecule has 12 heavy (non-hydrogen) atoms. The van der Waals surface area contributed by atoms with Gasteiger partial charge in [0.2, 0.25) is 0 Å². The summed E-state index contributed by atoms with van der Waals surface area (Å²) in [7, 11) is 0. The van der Waals surface area contributed by atoms with Gasteiger partial charge in [-0.3, -0.25) is 0 Å². The third-order valence-corrected chi connectivity index (χ3v) is 3.50. The highest BCUT2D eigenvalue weighted by atomic mass is 35.5. The summed E-state index contributed by atoms with van der Waals surface area (Å²) in [5.41, 5.74) is 0. The first-order valence-corrected chi connectivity index (χ1v) is 5.15. The molecule has 0 saturated heterocycles. The van der Waals surface area contributed by atoms with Crippen LogP contribution in [0.4, 0.5) is 0 Å². The molecule has 1 aromatic heterocycles. The molecule has 0 bridgehead atoms. The molecule has 0 fully saturated rings. The molecule has 62 valence electrons. The minimum absolute atomic E-state index is 0.127. The summed E-state index contributed by atoms with van der Waals surface area (Å²) in [6.07, 6.45) is 0. The van der Waals surface area contributed by atoms with Crippen molar-refractivity contribution in [1.29, 1.82) is 0 Å². The van der Waals surface area contributed by atoms with Crippen LogP contribution in [0, 0.1) is 0 Å². The molecule has 0 saturated carbocycles. The van der Waals surface area contributed by atoms with Gasteiger partial charge in [0.25, 0.3) is 0 Å². The van der Waals surface area contributed by atoms with E-state index in [1.165, 1.54) is 15.0 Å². The molecular weight excluding hydrogens is 188 g/mol. The highest BCUT2D eigenvalue weighted by Gasteiger charge is 2.05. The maximum absolute atomic E-state index is 5.99. The number of alkyl halides is 1. The lowest BCUT2D eigenvalue weighted by Gasteiger charge is -1.93. The Morgan fingerprint density at radius 2 is 2.08 bits per heavy atom. The monoisotopic (exact) mass is 196 g/mol. The van der Waals surface area contributed by atoms with Crippen LogP contribution in [-0.2, 0) is 0 Å². The molecular formula is C10H9ClS. The summed E-state index contributed by atoms with van der Waals surface area (Å²) in [6.45, 7) is 2.01. The molecule has 0 aliphatic heterocycles. The Morgan fingerprint density at radius 1 is 1.33 bits per heavy atom. The van der Waals surface area contributed by atoms with Crippen LogP contribution in [0.25, 0.3) is 10.1 Å². The molecule has 1 atom stereocenters. The standard InChI is InChI=1S/C10H9ClS/c1-7(11)10-6-8-4-2-3-5-9(8)12-10/h2-7H,1H3. The predicted octanol–water partition coefficient (Wildman–Crippen LogP) is 4.20. The van der Waals surface area contributed by atoms with Crippen molar-refractivity contribution < 1.29 is 0 Å². The minimum atomic E-state index is 0.127. The van der Waals surface area contributed by atoms with Crippen molar-refractivity contribution in [1.82, 2.24) is 0 Å². The van der Waals surface area contributed by atoms with Crippen LogP contribution >= 0.6 is 22.9 Å². The number of thiophene rings is 1. The van der Waals surface area contributed by atoms with Gasteiger partial charge in [-0.1, -0.05) is 18.2 Å². The minimum Gasteiger partial charge on any atom is -0.139 e. The van der Waals surface area contributed by atoms with Crippen molar-refractivity contribution >= 4 is 33.0 Å². The summed E-state index contributed by atoms with van der Waals surface area (Å²) in [4.78, 5) is 1.25. The zero-order valence-electron chi connectivity index (χ0n) is 6.75. The number of halogens is 1. The van der Waals surface area contributed by atoms with E-state index in [1.54, 1.807) is 11.3 Å². The maximum atomic E-state index is 5.99. The Labute approximate surface area is 80.8 Å². The molecule has 1 aromatic carbocycles. The van der Waals surface area contributed by atoms with Crippen molar-refractivity contribution in [3.05, 3.63) is 35.2 Å². The number of hydrogen-bond acceptors (Lipinski definition) is 1. The van der Waals surface area contributed by atoms with Gasteiger partial charge in [-0.15, -0.1) is 22.9 Å². The summed E-state index contributed by atoms with van der Waals surface area (Å²) < 4.78 is 1.32. The maximum Gasteiger partial charge on any atom is 0.0650 e. The first-order chi connectivity index (χ1) is 5.77. The molecule has 2 heteroatoms. The van der Waals surface area contributed by atoms with Gasteiger partial charge in [0.15, 0.2) is 0 Å². The summed E-state index contributed by atoms with van der Waals surface area (Å²) >= 11 is 7.76. The van der Waals surface area contributed by atoms with Gasteiger partial charge in [-0.2, -0.15) is 0 Å². The highest BCUT2D eigenvalue weighted by molar-refractivity contribution is 7.19. The average molecular weight is 197 g/mol. The van der Waals surface area contributed by atoms with E-state index < -0.39 is 0 Å². The average Bonchev–Trinajstić information content (AvgIpc) is 2.46. The molecule has 2 aromatic rings. The predicted molar refractivity (Wildman–Crippen MR) is 56.1 cm³/mol. The molecule has 1 heterocycles. The summed E-state index contributed by atoms with van der Waals surface area (Å²) in [6, 6.07) is 10.5. The molecule has 0 nitrogen and oxygen atoms in total. The highest BCUT2D eigenvalue weighted by Crippen LogP contribution is 2.32. The number of fused-ring (bicyclic) bond motifs is 1. The van der Waals surface area contributed by atoms with E-state index in [4.69, 9.17) is 11.6 Å². The molecule has 0 amide bonds. The van der Waals surface area contributed by atoms with Gasteiger partial charge in [-0.25, -0.2) is 0 Å². The summed E-state index contributed by atoms with van der Waals surface area (Å²) in [5, 5.41) is 1.42. The van der Waals surface area contributed by atoms with Gasteiger partial charge in [0, 0.05) is 9.58 Å². The van der Waals surface area contributed by atoms with Crippen LogP contribution in [0.2, 0.25) is 0 Å². The SMILES string of the molecule is CC(Cl)c1cc2ccccc2s1. The molecule has 1 unspecified atom stereocenters. The van der Waals surface area contributed by atoms with Crippen LogP contribution in [0.5, 0.6) is 0 Å². The van der Waals surface area contributed by atoms with Crippen LogP contribution in [0.3, 0.4) is 0 Å². The zero-order chi connectivity index (χ0) is 8.55. The van der Waals surface area contributed by atoms with Crippen molar-refractivity contribution in [2.24, 2.45) is 0 Å². The third-order valence-electron chi connectivity index (χ3n) is 1.84. The van der Waals surface area contributed by atoms with Gasteiger partial charge in [-0.05, 0) is 24.4 Å². The molecule has 2 rings (SSSR count). The first-order valence-electron chi connectivity index (χ1n) is 3.90. The van der Waals surface area contributed by atoms with Crippen LogP contribution in [0.15, 0.2) is 30.3 Å². The largest absolute Gasteiger partial charge is 0.139 e. The van der Waals surface area contributed by atoms with Crippen molar-refractivity contribution in [2.45, 2.75) is 12.3 Å². The Hall–Kier alpha value is -0.530. The molecule has 0 spiro atoms. The fraction of sp³-hybridized carbons (Fsp3) is 0.200. The molecule has 0 N–H and O–H groups in total. The van der Waals surface area contributed by atoms with Gasteiger partial charge in [0.1, 0.15) is 0 Å². The molecule has 0 aliphatic rings. The second kappa shape index (κ2) is 3.08. The zero-order valence-corrected chi connectivity index (χ0v) is 8.32. The van der Waals surface area contributed by atoms with E-state index in [0.717, 1.165) is 0 Å². The van der Waals surface area contributed by atoms with E-state index in [2.05, 4.69) is 30.3 Å². The number of benzene rings is 1. The smallest absolute Gasteiger partial charge is 0.0650 e. The Kier molecular flexibility index (Phi) is 2.07. The van der Waals surface area contributed by atoms with E-state index in [1.807, 2.05) is 6.92 Å². The lowest BCUT2D eigenvalue weighted by Crippen LogP contribution is -1.72. The van der Waals surface area contributed by atoms with Gasteiger partial charge < -0.3 is 0 Å². The van der Waals surface area contributed by atoms with Crippen molar-refractivity contribution in [3.63, 3.8) is 0 Å². The van der Waals surface area contributed by atoms with E-state index in [-0.39, 0.29) is 5.38 Å². The Morgan fingerprint density at radius 3 is 2.75 bits per heavy atom. The fourth-order valence-corrected chi connectivity index (χ4v) is 2.39. The van der Waals surface area contributed by atoms with Crippen molar-refractivity contribution in [3.8, 4) is 0 Å². The number of hydrogen-bond donors (Lipinski definition) is 0. The number of rotatable bonds is 1. The van der Waals surface area contributed by atoms with E-state index in [0.29, 0.717) is 0 Å². The van der Waals surface area contributed by atoms with Crippen LogP contribution < -0.4 is 0 Å². The van der Waals surface area contributed by atoms with Crippen LogP contribution in [0.1, 0.15) is 17.2 Å². The molecule has 0 radical (unpaired) electrons.